The van der Waals surface area contributed by atoms with Gasteiger partial charge in [0.15, 0.2) is 5.16 Å². The fourth-order valence-corrected chi connectivity index (χ4v) is 6.29. The van der Waals surface area contributed by atoms with Gasteiger partial charge in [-0.1, -0.05) is 30.3 Å². The molecule has 7 nitrogen and oxygen atoms in total. The molecule has 0 amide bonds. The standard InChI is InChI=1S/C21H19ClN4O3S2/c1-11-3-8-15-14(9-11)17-18(28)25(13-6-4-12(22)5-7-13)20-23-24-21(26(20)19(17)31-15)30-10-16(27)29-2/h4-7,11H,3,8-10H2,1-2H3/t11-/m0/s1. The predicted molar refractivity (Wildman–Crippen MR) is 123 cm³/mol. The van der Waals surface area contributed by atoms with Gasteiger partial charge < -0.3 is 4.74 Å². The quantitative estimate of drug-likeness (QED) is 0.327. The number of methoxy groups -OCH3 is 1. The first-order valence-electron chi connectivity index (χ1n) is 9.88. The van der Waals surface area contributed by atoms with Gasteiger partial charge in [-0.15, -0.1) is 21.5 Å². The number of carbonyl (C=O) groups excluding carboxylic acids is 1. The van der Waals surface area contributed by atoms with Gasteiger partial charge in [-0.25, -0.2) is 8.97 Å². The maximum absolute atomic E-state index is 13.8. The summed E-state index contributed by atoms with van der Waals surface area (Å²) < 4.78 is 8.25. The fraction of sp³-hybridized carbons (Fsp3) is 0.333. The van der Waals surface area contributed by atoms with Gasteiger partial charge in [0.1, 0.15) is 4.83 Å². The molecule has 1 atom stereocenters. The molecule has 0 spiro atoms. The second-order valence-corrected chi connectivity index (χ2v) is 10.1. The molecule has 160 valence electrons. The number of thiophene rings is 1. The molecule has 3 aromatic heterocycles. The third-order valence-corrected chi connectivity index (χ3v) is 7.99. The number of carbonyl (C=O) groups is 1. The molecule has 0 unspecified atom stereocenters. The second-order valence-electron chi connectivity index (χ2n) is 7.63. The monoisotopic (exact) mass is 474 g/mol. The van der Waals surface area contributed by atoms with E-state index in [1.807, 2.05) is 4.40 Å². The molecule has 1 aromatic carbocycles. The van der Waals surface area contributed by atoms with Crippen molar-refractivity contribution in [3.05, 3.63) is 50.1 Å². The first-order chi connectivity index (χ1) is 15.0. The lowest BCUT2D eigenvalue weighted by atomic mass is 9.89. The fourth-order valence-electron chi connectivity index (χ4n) is 4.01. The number of thioether (sulfide) groups is 1. The normalized spacial score (nSPS) is 16.0. The predicted octanol–water partition coefficient (Wildman–Crippen LogP) is 4.14. The van der Waals surface area contributed by atoms with Gasteiger partial charge in [0.25, 0.3) is 5.56 Å². The van der Waals surface area contributed by atoms with Crippen LogP contribution in [0.15, 0.2) is 34.2 Å². The first kappa shape index (κ1) is 20.5. The molecule has 4 aromatic rings. The Morgan fingerprint density at radius 2 is 2.10 bits per heavy atom. The van der Waals surface area contributed by atoms with Crippen molar-refractivity contribution in [3.8, 4) is 5.69 Å². The van der Waals surface area contributed by atoms with E-state index in [-0.39, 0.29) is 17.3 Å². The van der Waals surface area contributed by atoms with Crippen molar-refractivity contribution >= 4 is 56.7 Å². The van der Waals surface area contributed by atoms with E-state index in [1.165, 1.54) is 23.7 Å². The van der Waals surface area contributed by atoms with Crippen LogP contribution in [0.2, 0.25) is 5.02 Å². The SMILES string of the molecule is COC(=O)CSc1nnc2n(-c3ccc(Cl)cc3)c(=O)c3c4c(sc3n12)CC[C@H](C)C4. The molecule has 10 heteroatoms. The van der Waals surface area contributed by atoms with E-state index in [0.717, 1.165) is 29.7 Å². The summed E-state index contributed by atoms with van der Waals surface area (Å²) in [6.07, 6.45) is 2.95. The maximum Gasteiger partial charge on any atom is 0.316 e. The Bertz CT molecular complexity index is 1370. The van der Waals surface area contributed by atoms with Crippen molar-refractivity contribution in [2.75, 3.05) is 12.9 Å². The minimum atomic E-state index is -0.344. The van der Waals surface area contributed by atoms with Crippen LogP contribution in [0.1, 0.15) is 23.8 Å². The highest BCUT2D eigenvalue weighted by atomic mass is 35.5. The summed E-state index contributed by atoms with van der Waals surface area (Å²) >= 11 is 8.95. The van der Waals surface area contributed by atoms with Crippen LogP contribution in [0.5, 0.6) is 0 Å². The second kappa shape index (κ2) is 7.96. The molecule has 0 radical (unpaired) electrons. The van der Waals surface area contributed by atoms with Gasteiger partial charge >= 0.3 is 5.97 Å². The Hall–Kier alpha value is -2.36. The Balaban J connectivity index is 1.83. The van der Waals surface area contributed by atoms with Crippen molar-refractivity contribution < 1.29 is 9.53 Å². The lowest BCUT2D eigenvalue weighted by Crippen LogP contribution is -2.22. The summed E-state index contributed by atoms with van der Waals surface area (Å²) in [5.41, 5.74) is 1.70. The highest BCUT2D eigenvalue weighted by molar-refractivity contribution is 7.99. The zero-order chi connectivity index (χ0) is 21.7. The molecule has 0 bridgehead atoms. The Kier molecular flexibility index (Phi) is 5.27. The summed E-state index contributed by atoms with van der Waals surface area (Å²) in [4.78, 5) is 27.6. The summed E-state index contributed by atoms with van der Waals surface area (Å²) in [6, 6.07) is 7.09. The van der Waals surface area contributed by atoms with E-state index in [9.17, 15) is 9.59 Å². The third kappa shape index (κ3) is 3.44. The number of benzene rings is 1. The van der Waals surface area contributed by atoms with Crippen LogP contribution >= 0.6 is 34.7 Å². The van der Waals surface area contributed by atoms with Crippen molar-refractivity contribution in [1.82, 2.24) is 19.2 Å². The molecule has 0 saturated heterocycles. The molecule has 0 fully saturated rings. The molecule has 0 aliphatic heterocycles. The molecular formula is C21H19ClN4O3S2. The molecule has 0 saturated carbocycles. The van der Waals surface area contributed by atoms with Gasteiger partial charge in [0.2, 0.25) is 5.78 Å². The minimum absolute atomic E-state index is 0.103. The molecular weight excluding hydrogens is 456 g/mol. The molecule has 0 N–H and O–H groups in total. The number of nitrogens with zero attached hydrogens (tertiary/aromatic N) is 4. The van der Waals surface area contributed by atoms with Crippen LogP contribution in [0.4, 0.5) is 0 Å². The van der Waals surface area contributed by atoms with Crippen molar-refractivity contribution in [2.45, 2.75) is 31.3 Å². The van der Waals surface area contributed by atoms with Crippen LogP contribution in [0, 0.1) is 5.92 Å². The van der Waals surface area contributed by atoms with Gasteiger partial charge in [-0.3, -0.25) is 9.59 Å². The van der Waals surface area contributed by atoms with E-state index in [4.69, 9.17) is 16.3 Å². The lowest BCUT2D eigenvalue weighted by Gasteiger charge is -2.18. The van der Waals surface area contributed by atoms with Crippen LogP contribution in [-0.2, 0) is 22.4 Å². The van der Waals surface area contributed by atoms with Crippen LogP contribution in [-0.4, -0.2) is 38.0 Å². The molecule has 1 aliphatic carbocycles. The van der Waals surface area contributed by atoms with E-state index in [1.54, 1.807) is 40.2 Å². The summed E-state index contributed by atoms with van der Waals surface area (Å²) in [7, 11) is 1.36. The zero-order valence-electron chi connectivity index (χ0n) is 16.9. The maximum atomic E-state index is 13.8. The number of aryl methyl sites for hydroxylation is 1. The molecule has 31 heavy (non-hydrogen) atoms. The van der Waals surface area contributed by atoms with Gasteiger partial charge in [0.05, 0.1) is 23.9 Å². The van der Waals surface area contributed by atoms with E-state index in [2.05, 4.69) is 17.1 Å². The van der Waals surface area contributed by atoms with Crippen molar-refractivity contribution in [3.63, 3.8) is 0 Å². The third-order valence-electron chi connectivity index (χ3n) is 5.56. The number of fused-ring (bicyclic) bond motifs is 5. The number of hydrogen-bond donors (Lipinski definition) is 0. The van der Waals surface area contributed by atoms with Gasteiger partial charge in [-0.05, 0) is 55.0 Å². The number of aromatic nitrogens is 4. The smallest absolute Gasteiger partial charge is 0.316 e. The molecule has 1 aliphatic rings. The topological polar surface area (TPSA) is 78.5 Å². The summed E-state index contributed by atoms with van der Waals surface area (Å²) in [6.45, 7) is 2.22. The zero-order valence-corrected chi connectivity index (χ0v) is 19.3. The highest BCUT2D eigenvalue weighted by Crippen LogP contribution is 2.38. The van der Waals surface area contributed by atoms with Crippen LogP contribution < -0.4 is 5.56 Å². The first-order valence-corrected chi connectivity index (χ1v) is 12.1. The number of hydrogen-bond acceptors (Lipinski definition) is 7. The van der Waals surface area contributed by atoms with Crippen molar-refractivity contribution in [2.24, 2.45) is 5.92 Å². The number of ether oxygens (including phenoxy) is 1. The number of esters is 1. The van der Waals surface area contributed by atoms with Crippen LogP contribution in [0.3, 0.4) is 0 Å². The Labute approximate surface area is 191 Å². The Morgan fingerprint density at radius 3 is 2.84 bits per heavy atom. The van der Waals surface area contributed by atoms with Crippen molar-refractivity contribution in [1.29, 1.82) is 0 Å². The summed E-state index contributed by atoms with van der Waals surface area (Å²) in [5.74, 6) is 0.710. The van der Waals surface area contributed by atoms with Gasteiger partial charge in [-0.2, -0.15) is 0 Å². The molecule has 3 heterocycles. The largest absolute Gasteiger partial charge is 0.468 e. The number of rotatable bonds is 4. The van der Waals surface area contributed by atoms with Crippen LogP contribution in [0.25, 0.3) is 21.7 Å². The van der Waals surface area contributed by atoms with Gasteiger partial charge in [0, 0.05) is 9.90 Å². The Morgan fingerprint density at radius 1 is 1.32 bits per heavy atom. The highest BCUT2D eigenvalue weighted by Gasteiger charge is 2.27. The minimum Gasteiger partial charge on any atom is -0.468 e. The number of halogens is 1. The average molecular weight is 475 g/mol. The lowest BCUT2D eigenvalue weighted by molar-refractivity contribution is -0.137. The van der Waals surface area contributed by atoms with E-state index in [0.29, 0.717) is 32.9 Å². The molecule has 5 rings (SSSR count). The average Bonchev–Trinajstić information content (AvgIpc) is 3.34. The van der Waals surface area contributed by atoms with E-state index >= 15 is 0 Å². The van der Waals surface area contributed by atoms with E-state index < -0.39 is 0 Å². The summed E-state index contributed by atoms with van der Waals surface area (Å²) in [5, 5.41) is 10.5.